The highest BCUT2D eigenvalue weighted by Gasteiger charge is 2.14. The number of anilines is 1. The van der Waals surface area contributed by atoms with Gasteiger partial charge in [-0.05, 0) is 37.6 Å². The van der Waals surface area contributed by atoms with E-state index in [1.165, 1.54) is 25.1 Å². The van der Waals surface area contributed by atoms with E-state index in [-0.39, 0.29) is 17.4 Å². The average Bonchev–Trinajstić information content (AvgIpc) is 2.47. The monoisotopic (exact) mass is 298 g/mol. The zero-order valence-corrected chi connectivity index (χ0v) is 12.1. The van der Waals surface area contributed by atoms with Gasteiger partial charge in [0.05, 0.1) is 4.92 Å². The molecule has 22 heavy (non-hydrogen) atoms. The Morgan fingerprint density at radius 3 is 2.45 bits per heavy atom. The van der Waals surface area contributed by atoms with E-state index >= 15 is 0 Å². The quantitative estimate of drug-likeness (QED) is 0.532. The molecule has 0 aliphatic rings. The Balaban J connectivity index is 2.24. The van der Waals surface area contributed by atoms with Crippen LogP contribution >= 0.6 is 0 Å². The van der Waals surface area contributed by atoms with Crippen molar-refractivity contribution in [1.29, 1.82) is 0 Å². The molecule has 6 nitrogen and oxygen atoms in total. The highest BCUT2D eigenvalue weighted by Crippen LogP contribution is 2.19. The summed E-state index contributed by atoms with van der Waals surface area (Å²) in [6, 6.07) is 10.6. The first kappa shape index (κ1) is 15.4. The van der Waals surface area contributed by atoms with Gasteiger partial charge in [0.1, 0.15) is 0 Å². The van der Waals surface area contributed by atoms with E-state index in [0.717, 1.165) is 0 Å². The molecule has 0 saturated carbocycles. The van der Waals surface area contributed by atoms with Gasteiger partial charge in [0.15, 0.2) is 5.78 Å². The zero-order chi connectivity index (χ0) is 16.3. The van der Waals surface area contributed by atoms with E-state index in [4.69, 9.17) is 0 Å². The molecule has 2 aromatic rings. The number of Topliss-reactive ketones (excluding diaryl/α,β-unsaturated/α-hetero) is 1. The van der Waals surface area contributed by atoms with Crippen LogP contribution in [0.15, 0.2) is 42.5 Å². The Labute approximate surface area is 126 Å². The van der Waals surface area contributed by atoms with Gasteiger partial charge in [-0.1, -0.05) is 12.1 Å². The maximum atomic E-state index is 12.2. The number of ketones is 1. The molecule has 0 heterocycles. The minimum Gasteiger partial charge on any atom is -0.322 e. The number of nitro benzene ring substituents is 1. The van der Waals surface area contributed by atoms with E-state index in [1.54, 1.807) is 31.2 Å². The number of nitrogens with zero attached hydrogens (tertiary/aromatic N) is 1. The first-order chi connectivity index (χ1) is 10.4. The number of hydrogen-bond acceptors (Lipinski definition) is 4. The Morgan fingerprint density at radius 1 is 1.14 bits per heavy atom. The van der Waals surface area contributed by atoms with Crippen molar-refractivity contribution in [3.05, 3.63) is 69.3 Å². The molecule has 2 aromatic carbocycles. The smallest absolute Gasteiger partial charge is 0.269 e. The van der Waals surface area contributed by atoms with Gasteiger partial charge in [-0.15, -0.1) is 0 Å². The molecule has 0 aliphatic carbocycles. The maximum absolute atomic E-state index is 12.2. The minimum absolute atomic E-state index is 0.0624. The second-order valence-corrected chi connectivity index (χ2v) is 4.85. The predicted molar refractivity (Wildman–Crippen MR) is 82.2 cm³/mol. The SMILES string of the molecule is CC(=O)c1cccc(NC(=O)c2ccc([N+](=O)[O-])cc2C)c1. The van der Waals surface area contributed by atoms with Crippen LogP contribution in [0.25, 0.3) is 0 Å². The molecule has 0 aliphatic heterocycles. The molecule has 0 atom stereocenters. The van der Waals surface area contributed by atoms with Gasteiger partial charge in [0.2, 0.25) is 0 Å². The summed E-state index contributed by atoms with van der Waals surface area (Å²) in [5.74, 6) is -0.476. The van der Waals surface area contributed by atoms with E-state index in [0.29, 0.717) is 22.4 Å². The number of non-ortho nitro benzene ring substituents is 1. The summed E-state index contributed by atoms with van der Waals surface area (Å²) < 4.78 is 0. The predicted octanol–water partition coefficient (Wildman–Crippen LogP) is 3.36. The van der Waals surface area contributed by atoms with Gasteiger partial charge < -0.3 is 5.32 Å². The fourth-order valence-electron chi connectivity index (χ4n) is 2.03. The van der Waals surface area contributed by atoms with Crippen LogP contribution in [0.2, 0.25) is 0 Å². The van der Waals surface area contributed by atoms with E-state index < -0.39 is 4.92 Å². The van der Waals surface area contributed by atoms with Gasteiger partial charge in [-0.25, -0.2) is 0 Å². The van der Waals surface area contributed by atoms with Crippen LogP contribution in [0.5, 0.6) is 0 Å². The van der Waals surface area contributed by atoms with Crippen molar-refractivity contribution in [1.82, 2.24) is 0 Å². The molecule has 0 bridgehead atoms. The highest BCUT2D eigenvalue weighted by atomic mass is 16.6. The van der Waals surface area contributed by atoms with Crippen LogP contribution in [0, 0.1) is 17.0 Å². The molecule has 2 rings (SSSR count). The van der Waals surface area contributed by atoms with E-state index in [1.807, 2.05) is 0 Å². The van der Waals surface area contributed by atoms with Crippen molar-refractivity contribution >= 4 is 23.1 Å². The Hall–Kier alpha value is -3.02. The number of rotatable bonds is 4. The molecule has 0 spiro atoms. The van der Waals surface area contributed by atoms with Gasteiger partial charge in [-0.3, -0.25) is 19.7 Å². The van der Waals surface area contributed by atoms with Crippen LogP contribution in [0.1, 0.15) is 33.2 Å². The van der Waals surface area contributed by atoms with Gasteiger partial charge in [0, 0.05) is 28.9 Å². The van der Waals surface area contributed by atoms with E-state index in [9.17, 15) is 19.7 Å². The average molecular weight is 298 g/mol. The number of carbonyl (C=O) groups excluding carboxylic acids is 2. The first-order valence-electron chi connectivity index (χ1n) is 6.56. The van der Waals surface area contributed by atoms with Crippen molar-refractivity contribution < 1.29 is 14.5 Å². The first-order valence-corrected chi connectivity index (χ1v) is 6.56. The Kier molecular flexibility index (Phi) is 4.31. The second-order valence-electron chi connectivity index (χ2n) is 4.85. The van der Waals surface area contributed by atoms with Crippen molar-refractivity contribution in [2.75, 3.05) is 5.32 Å². The summed E-state index contributed by atoms with van der Waals surface area (Å²) >= 11 is 0. The van der Waals surface area contributed by atoms with Crippen LogP contribution < -0.4 is 5.32 Å². The second kappa shape index (κ2) is 6.17. The van der Waals surface area contributed by atoms with Crippen LogP contribution in [0.4, 0.5) is 11.4 Å². The number of benzene rings is 2. The molecule has 0 saturated heterocycles. The van der Waals surface area contributed by atoms with Gasteiger partial charge in [0.25, 0.3) is 11.6 Å². The number of aryl methyl sites for hydroxylation is 1. The summed E-state index contributed by atoms with van der Waals surface area (Å²) in [5.41, 5.74) is 1.79. The summed E-state index contributed by atoms with van der Waals surface area (Å²) in [6.07, 6.45) is 0. The fourth-order valence-corrected chi connectivity index (χ4v) is 2.03. The largest absolute Gasteiger partial charge is 0.322 e. The lowest BCUT2D eigenvalue weighted by atomic mass is 10.1. The topological polar surface area (TPSA) is 89.3 Å². The minimum atomic E-state index is -0.509. The molecule has 6 heteroatoms. The van der Waals surface area contributed by atoms with Crippen molar-refractivity contribution in [2.24, 2.45) is 0 Å². The molecule has 112 valence electrons. The Bertz CT molecular complexity index is 768. The molecule has 1 amide bonds. The molecular weight excluding hydrogens is 284 g/mol. The van der Waals surface area contributed by atoms with Crippen LogP contribution in [-0.2, 0) is 0 Å². The van der Waals surface area contributed by atoms with Crippen LogP contribution in [-0.4, -0.2) is 16.6 Å². The molecule has 0 radical (unpaired) electrons. The fraction of sp³-hybridized carbons (Fsp3) is 0.125. The van der Waals surface area contributed by atoms with Crippen molar-refractivity contribution in [2.45, 2.75) is 13.8 Å². The standard InChI is InChI=1S/C16H14N2O4/c1-10-8-14(18(21)22)6-7-15(10)16(20)17-13-5-3-4-12(9-13)11(2)19/h3-9H,1-2H3,(H,17,20). The number of amides is 1. The molecule has 1 N–H and O–H groups in total. The molecule has 0 unspecified atom stereocenters. The zero-order valence-electron chi connectivity index (χ0n) is 12.1. The lowest BCUT2D eigenvalue weighted by Gasteiger charge is -2.08. The third-order valence-corrected chi connectivity index (χ3v) is 3.19. The number of nitrogens with one attached hydrogen (secondary N) is 1. The number of nitro groups is 1. The summed E-state index contributed by atoms with van der Waals surface area (Å²) in [6.45, 7) is 3.08. The normalized spacial score (nSPS) is 10.1. The number of hydrogen-bond donors (Lipinski definition) is 1. The van der Waals surface area contributed by atoms with Crippen molar-refractivity contribution in [3.8, 4) is 0 Å². The van der Waals surface area contributed by atoms with Gasteiger partial charge >= 0.3 is 0 Å². The van der Waals surface area contributed by atoms with Gasteiger partial charge in [-0.2, -0.15) is 0 Å². The Morgan fingerprint density at radius 2 is 1.86 bits per heavy atom. The maximum Gasteiger partial charge on any atom is 0.269 e. The lowest BCUT2D eigenvalue weighted by Crippen LogP contribution is -2.13. The highest BCUT2D eigenvalue weighted by molar-refractivity contribution is 6.06. The third kappa shape index (κ3) is 3.35. The summed E-state index contributed by atoms with van der Waals surface area (Å²) in [5, 5.41) is 13.4. The lowest BCUT2D eigenvalue weighted by molar-refractivity contribution is -0.384. The third-order valence-electron chi connectivity index (χ3n) is 3.19. The molecule has 0 fully saturated rings. The number of carbonyl (C=O) groups is 2. The van der Waals surface area contributed by atoms with Crippen molar-refractivity contribution in [3.63, 3.8) is 0 Å². The van der Waals surface area contributed by atoms with Crippen LogP contribution in [0.3, 0.4) is 0 Å². The molecular formula is C16H14N2O4. The van der Waals surface area contributed by atoms with E-state index in [2.05, 4.69) is 5.32 Å². The molecule has 0 aromatic heterocycles. The summed E-state index contributed by atoms with van der Waals surface area (Å²) in [4.78, 5) is 33.8. The summed E-state index contributed by atoms with van der Waals surface area (Å²) in [7, 11) is 0.